The van der Waals surface area contributed by atoms with Gasteiger partial charge in [0.15, 0.2) is 0 Å². The van der Waals surface area contributed by atoms with Gasteiger partial charge < -0.3 is 24.6 Å². The van der Waals surface area contributed by atoms with Crippen molar-refractivity contribution < 1.29 is 43.0 Å². The summed E-state index contributed by atoms with van der Waals surface area (Å²) in [6, 6.07) is 0. The van der Waals surface area contributed by atoms with E-state index < -0.39 is 45.8 Å². The van der Waals surface area contributed by atoms with Crippen LogP contribution in [0.25, 0.3) is 0 Å². The summed E-state index contributed by atoms with van der Waals surface area (Å²) in [6.07, 6.45) is 60.5. The first-order valence-electron chi connectivity index (χ1n) is 23.4. The number of hydrogen-bond donors (Lipinski definition) is 3. The molecule has 0 radical (unpaired) electrons. The lowest BCUT2D eigenvalue weighted by atomic mass is 10.1. The smallest absolute Gasteiger partial charge is 0.457 e. The maximum absolute atomic E-state index is 12.6. The van der Waals surface area contributed by atoms with Gasteiger partial charge in [0.2, 0.25) is 0 Å². The maximum atomic E-state index is 12.6. The zero-order valence-electron chi connectivity index (χ0n) is 38.1. The molecular formula is C51H85O9P. The third-order valence-electron chi connectivity index (χ3n) is 9.19. The third kappa shape index (κ3) is 46.5. The van der Waals surface area contributed by atoms with Gasteiger partial charge in [-0.2, -0.15) is 0 Å². The lowest BCUT2D eigenvalue weighted by Crippen LogP contribution is -2.29. The number of esters is 1. The highest BCUT2D eigenvalue weighted by molar-refractivity contribution is 7.47. The highest BCUT2D eigenvalue weighted by Gasteiger charge is 2.26. The van der Waals surface area contributed by atoms with Crippen molar-refractivity contribution in [2.45, 2.75) is 174 Å². The molecule has 0 spiro atoms. The summed E-state index contributed by atoms with van der Waals surface area (Å²) in [5, 5.41) is 18.4. The topological polar surface area (TPSA) is 132 Å². The van der Waals surface area contributed by atoms with Crippen LogP contribution < -0.4 is 0 Å². The average Bonchev–Trinajstić information content (AvgIpc) is 3.25. The first-order valence-corrected chi connectivity index (χ1v) is 24.9. The monoisotopic (exact) mass is 873 g/mol. The molecule has 0 heterocycles. The van der Waals surface area contributed by atoms with E-state index in [1.165, 1.54) is 32.1 Å². The summed E-state index contributed by atoms with van der Waals surface area (Å²) in [6.45, 7) is 3.22. The normalized spacial score (nSPS) is 14.9. The Balaban J connectivity index is 4.28. The quantitative estimate of drug-likeness (QED) is 0.0237. The van der Waals surface area contributed by atoms with Gasteiger partial charge in [-0.15, -0.1) is 0 Å². The van der Waals surface area contributed by atoms with E-state index >= 15 is 0 Å². The van der Waals surface area contributed by atoms with Crippen LogP contribution in [0.2, 0.25) is 0 Å². The Bertz CT molecular complexity index is 1310. The van der Waals surface area contributed by atoms with Gasteiger partial charge in [0.1, 0.15) is 12.2 Å². The lowest BCUT2D eigenvalue weighted by Gasteiger charge is -2.20. The van der Waals surface area contributed by atoms with Crippen molar-refractivity contribution in [3.63, 3.8) is 0 Å². The summed E-state index contributed by atoms with van der Waals surface area (Å²) in [4.78, 5) is 22.6. The van der Waals surface area contributed by atoms with Crippen LogP contribution in [0.5, 0.6) is 0 Å². The number of carbonyl (C=O) groups is 1. The second kappa shape index (κ2) is 46.6. The zero-order chi connectivity index (χ0) is 44.6. The van der Waals surface area contributed by atoms with Crippen LogP contribution in [0.1, 0.15) is 162 Å². The van der Waals surface area contributed by atoms with Crippen LogP contribution in [0.4, 0.5) is 0 Å². The van der Waals surface area contributed by atoms with Crippen LogP contribution in [0.3, 0.4) is 0 Å². The molecule has 0 saturated carbocycles. The van der Waals surface area contributed by atoms with Gasteiger partial charge in [-0.1, -0.05) is 162 Å². The summed E-state index contributed by atoms with van der Waals surface area (Å²) < 4.78 is 33.4. The molecule has 3 atom stereocenters. The summed E-state index contributed by atoms with van der Waals surface area (Å²) in [5.74, 6) is -0.417. The number of carbonyl (C=O) groups excluding carboxylic acids is 1. The Hall–Kier alpha value is -2.88. The summed E-state index contributed by atoms with van der Waals surface area (Å²) in [7, 11) is -4.55. The minimum Gasteiger partial charge on any atom is -0.457 e. The third-order valence-corrected chi connectivity index (χ3v) is 10.1. The van der Waals surface area contributed by atoms with Crippen molar-refractivity contribution in [1.82, 2.24) is 0 Å². The second-order valence-electron chi connectivity index (χ2n) is 15.0. The van der Waals surface area contributed by atoms with E-state index in [1.807, 2.05) is 0 Å². The fraction of sp³-hybridized carbons (Fsp3) is 0.627. The molecule has 0 aliphatic heterocycles. The van der Waals surface area contributed by atoms with E-state index in [0.29, 0.717) is 13.0 Å². The van der Waals surface area contributed by atoms with Crippen LogP contribution in [-0.4, -0.2) is 66.3 Å². The molecule has 0 aliphatic rings. The molecule has 348 valence electrons. The number of rotatable bonds is 43. The molecular weight excluding hydrogens is 788 g/mol. The predicted molar refractivity (Wildman–Crippen MR) is 255 cm³/mol. The van der Waals surface area contributed by atoms with Crippen molar-refractivity contribution >= 4 is 13.8 Å². The molecule has 0 fully saturated rings. The number of allylic oxidation sites excluding steroid dienone is 18. The fourth-order valence-electron chi connectivity index (χ4n) is 5.66. The van der Waals surface area contributed by atoms with Crippen molar-refractivity contribution in [3.8, 4) is 0 Å². The standard InChI is InChI=1S/C51H85O9P/c1-3-5-7-9-11-13-15-17-19-21-22-23-24-25-26-27-28-30-32-34-36-38-40-42-44-57-47-50(48-59-61(55,56)58-46-49(53)45-52)60-51(54)43-41-39-37-35-33-31-29-20-18-16-14-12-10-8-6-4-2/h5,7,11,13-14,16-17,19-20,22-23,25-26,28-30,34,36,49-50,52-53H,3-4,6,8-10,12,15,18,21,24,27,31-33,35,37-48H2,1-2H3,(H,55,56)/b7-5-,13-11-,16-14-,19-17-,23-22-,26-25-,29-20-,30-28-,36-34-. The van der Waals surface area contributed by atoms with Gasteiger partial charge in [0, 0.05) is 13.0 Å². The molecule has 3 N–H and O–H groups in total. The number of phosphoric acid groups is 1. The maximum Gasteiger partial charge on any atom is 0.472 e. The Morgan fingerprint density at radius 1 is 0.525 bits per heavy atom. The number of aliphatic hydroxyl groups excluding tert-OH is 2. The average molecular weight is 873 g/mol. The second-order valence-corrected chi connectivity index (χ2v) is 16.5. The molecule has 10 heteroatoms. The first-order chi connectivity index (χ1) is 29.8. The molecule has 9 nitrogen and oxygen atoms in total. The Morgan fingerprint density at radius 3 is 1.41 bits per heavy atom. The lowest BCUT2D eigenvalue weighted by molar-refractivity contribution is -0.154. The van der Waals surface area contributed by atoms with Crippen LogP contribution in [0.15, 0.2) is 109 Å². The molecule has 3 unspecified atom stereocenters. The Morgan fingerprint density at radius 2 is 0.934 bits per heavy atom. The van der Waals surface area contributed by atoms with Gasteiger partial charge in [-0.25, -0.2) is 4.57 Å². The molecule has 0 amide bonds. The molecule has 0 aromatic heterocycles. The van der Waals surface area contributed by atoms with Gasteiger partial charge >= 0.3 is 13.8 Å². The van der Waals surface area contributed by atoms with E-state index in [-0.39, 0.29) is 13.0 Å². The number of unbranched alkanes of at least 4 members (excludes halogenated alkanes) is 11. The van der Waals surface area contributed by atoms with E-state index in [4.69, 9.17) is 23.6 Å². The highest BCUT2D eigenvalue weighted by Crippen LogP contribution is 2.43. The van der Waals surface area contributed by atoms with Crippen molar-refractivity contribution in [1.29, 1.82) is 0 Å². The predicted octanol–water partition coefficient (Wildman–Crippen LogP) is 13.4. The molecule has 0 saturated heterocycles. The zero-order valence-corrected chi connectivity index (χ0v) is 39.0. The van der Waals surface area contributed by atoms with Gasteiger partial charge in [-0.3, -0.25) is 13.8 Å². The van der Waals surface area contributed by atoms with E-state index in [9.17, 15) is 19.4 Å². The molecule has 61 heavy (non-hydrogen) atoms. The van der Waals surface area contributed by atoms with E-state index in [1.54, 1.807) is 0 Å². The molecule has 0 aliphatic carbocycles. The largest absolute Gasteiger partial charge is 0.472 e. The summed E-state index contributed by atoms with van der Waals surface area (Å²) in [5.41, 5.74) is 0. The fourth-order valence-corrected chi connectivity index (χ4v) is 6.45. The molecule has 0 aromatic carbocycles. The molecule has 0 bridgehead atoms. The van der Waals surface area contributed by atoms with E-state index in [0.717, 1.165) is 103 Å². The first kappa shape index (κ1) is 58.1. The highest BCUT2D eigenvalue weighted by atomic mass is 31.2. The Labute approximate surface area is 371 Å². The SMILES string of the molecule is CC/C=C\C/C=C\C/C=C\C/C=C\C/C=C\C/C=C\C/C=C\CCCCOCC(COP(=O)(O)OCC(O)CO)OC(=O)CCCCCCC/C=C\C/C=C\CCCCCC. The number of ether oxygens (including phenoxy) is 2. The summed E-state index contributed by atoms with van der Waals surface area (Å²) >= 11 is 0. The van der Waals surface area contributed by atoms with E-state index in [2.05, 4.69) is 123 Å². The number of aliphatic hydroxyl groups is 2. The minimum atomic E-state index is -4.55. The van der Waals surface area contributed by atoms with Crippen molar-refractivity contribution in [2.75, 3.05) is 33.0 Å². The van der Waals surface area contributed by atoms with Crippen LogP contribution in [0, 0.1) is 0 Å². The van der Waals surface area contributed by atoms with Gasteiger partial charge in [-0.05, 0) is 103 Å². The van der Waals surface area contributed by atoms with Gasteiger partial charge in [0.25, 0.3) is 0 Å². The molecule has 0 rings (SSSR count). The van der Waals surface area contributed by atoms with Crippen LogP contribution in [-0.2, 0) is 27.9 Å². The molecule has 0 aromatic rings. The van der Waals surface area contributed by atoms with Crippen LogP contribution >= 0.6 is 7.82 Å². The van der Waals surface area contributed by atoms with Crippen molar-refractivity contribution in [2.24, 2.45) is 0 Å². The minimum absolute atomic E-state index is 0.00575. The Kier molecular flexibility index (Phi) is 44.4. The van der Waals surface area contributed by atoms with Gasteiger partial charge in [0.05, 0.1) is 26.4 Å². The number of hydrogen-bond acceptors (Lipinski definition) is 8. The number of phosphoric ester groups is 1. The van der Waals surface area contributed by atoms with Crippen molar-refractivity contribution in [3.05, 3.63) is 109 Å².